The average Bonchev–Trinajstić information content (AvgIpc) is 3.23. The summed E-state index contributed by atoms with van der Waals surface area (Å²) in [5.41, 5.74) is 0.531. The minimum Gasteiger partial charge on any atom is -0.497 e. The molecular weight excluding hydrogens is 444 g/mol. The van der Waals surface area contributed by atoms with E-state index >= 15 is 0 Å². The summed E-state index contributed by atoms with van der Waals surface area (Å²) in [7, 11) is 1.61. The third-order valence-corrected chi connectivity index (χ3v) is 5.61. The molecule has 1 aromatic heterocycles. The summed E-state index contributed by atoms with van der Waals surface area (Å²) < 4.78 is 13.1. The highest BCUT2D eigenvalue weighted by Gasteiger charge is 2.22. The Balaban J connectivity index is 1.66. The van der Waals surface area contributed by atoms with Crippen molar-refractivity contribution in [3.05, 3.63) is 59.9 Å². The van der Waals surface area contributed by atoms with Gasteiger partial charge >= 0.3 is 5.97 Å². The first kappa shape index (κ1) is 24.1. The summed E-state index contributed by atoms with van der Waals surface area (Å²) in [6, 6.07) is 13.4. The summed E-state index contributed by atoms with van der Waals surface area (Å²) in [6.45, 7) is 5.91. The van der Waals surface area contributed by atoms with Crippen LogP contribution in [0.3, 0.4) is 0 Å². The molecule has 3 rings (SSSR count). The Kier molecular flexibility index (Phi) is 7.94. The summed E-state index contributed by atoms with van der Waals surface area (Å²) in [6.07, 6.45) is -0.366. The van der Waals surface area contributed by atoms with Gasteiger partial charge in [0.05, 0.1) is 18.4 Å². The largest absolute Gasteiger partial charge is 0.497 e. The van der Waals surface area contributed by atoms with E-state index in [4.69, 9.17) is 14.6 Å². The Hall–Kier alpha value is -3.53. The number of amides is 1. The van der Waals surface area contributed by atoms with Crippen molar-refractivity contribution in [2.24, 2.45) is 0 Å². The van der Waals surface area contributed by atoms with Crippen molar-refractivity contribution in [3.8, 4) is 11.5 Å². The van der Waals surface area contributed by atoms with Crippen LogP contribution in [0.25, 0.3) is 0 Å². The van der Waals surface area contributed by atoms with Crippen LogP contribution in [0.4, 0.5) is 5.69 Å². The Morgan fingerprint density at radius 2 is 1.79 bits per heavy atom. The number of hydrogen-bond acceptors (Lipinski definition) is 7. The molecule has 1 unspecified atom stereocenters. The number of ether oxygens (including phenoxy) is 2. The number of aromatic carboxylic acids is 1. The SMILES string of the molecule is COc1ccc(OC(C)c2nnc(SCC(=O)Nc3cccc(C(=O)O)c3)n2C(C)C)cc1. The third-order valence-electron chi connectivity index (χ3n) is 4.67. The quantitative estimate of drug-likeness (QED) is 0.418. The van der Waals surface area contributed by atoms with Crippen LogP contribution >= 0.6 is 11.8 Å². The zero-order valence-corrected chi connectivity index (χ0v) is 19.6. The van der Waals surface area contributed by atoms with Gasteiger partial charge in [-0.3, -0.25) is 4.79 Å². The fraction of sp³-hybridized carbons (Fsp3) is 0.304. The molecule has 174 valence electrons. The topological polar surface area (TPSA) is 116 Å². The van der Waals surface area contributed by atoms with Crippen LogP contribution in [0.2, 0.25) is 0 Å². The van der Waals surface area contributed by atoms with E-state index in [-0.39, 0.29) is 29.4 Å². The first-order chi connectivity index (χ1) is 15.8. The predicted octanol–water partition coefficient (Wildman–Crippen LogP) is 4.44. The third kappa shape index (κ3) is 6.26. The number of nitrogens with one attached hydrogen (secondary N) is 1. The van der Waals surface area contributed by atoms with Crippen LogP contribution in [0.5, 0.6) is 11.5 Å². The molecule has 10 heteroatoms. The molecule has 9 nitrogen and oxygen atoms in total. The molecule has 0 saturated carbocycles. The van der Waals surface area contributed by atoms with Gasteiger partial charge in [0.1, 0.15) is 11.5 Å². The van der Waals surface area contributed by atoms with Gasteiger partial charge in [0.15, 0.2) is 17.1 Å². The first-order valence-electron chi connectivity index (χ1n) is 10.3. The number of methoxy groups -OCH3 is 1. The van der Waals surface area contributed by atoms with E-state index in [1.54, 1.807) is 19.2 Å². The molecule has 1 amide bonds. The Morgan fingerprint density at radius 3 is 2.42 bits per heavy atom. The van der Waals surface area contributed by atoms with Gasteiger partial charge in [-0.25, -0.2) is 4.79 Å². The highest BCUT2D eigenvalue weighted by molar-refractivity contribution is 7.99. The van der Waals surface area contributed by atoms with Crippen molar-refractivity contribution in [2.75, 3.05) is 18.2 Å². The molecule has 0 fully saturated rings. The van der Waals surface area contributed by atoms with E-state index in [0.29, 0.717) is 22.4 Å². The molecule has 0 aliphatic carbocycles. The van der Waals surface area contributed by atoms with E-state index in [0.717, 1.165) is 5.75 Å². The monoisotopic (exact) mass is 470 g/mol. The maximum Gasteiger partial charge on any atom is 0.335 e. The number of benzene rings is 2. The number of carboxylic acid groups (broad SMARTS) is 1. The fourth-order valence-corrected chi connectivity index (χ4v) is 3.99. The van der Waals surface area contributed by atoms with Gasteiger partial charge in [0.2, 0.25) is 5.91 Å². The summed E-state index contributed by atoms with van der Waals surface area (Å²) in [5.74, 6) is 0.841. The lowest BCUT2D eigenvalue weighted by Gasteiger charge is -2.19. The van der Waals surface area contributed by atoms with Crippen LogP contribution in [-0.2, 0) is 4.79 Å². The van der Waals surface area contributed by atoms with Crippen molar-refractivity contribution in [2.45, 2.75) is 38.1 Å². The highest BCUT2D eigenvalue weighted by atomic mass is 32.2. The van der Waals surface area contributed by atoms with Crippen molar-refractivity contribution in [3.63, 3.8) is 0 Å². The highest BCUT2D eigenvalue weighted by Crippen LogP contribution is 2.28. The van der Waals surface area contributed by atoms with Crippen molar-refractivity contribution >= 4 is 29.3 Å². The van der Waals surface area contributed by atoms with E-state index in [1.165, 1.54) is 23.9 Å². The van der Waals surface area contributed by atoms with Crippen molar-refractivity contribution < 1.29 is 24.2 Å². The smallest absolute Gasteiger partial charge is 0.335 e. The summed E-state index contributed by atoms with van der Waals surface area (Å²) >= 11 is 1.25. The van der Waals surface area contributed by atoms with E-state index in [2.05, 4.69) is 15.5 Å². The van der Waals surface area contributed by atoms with Crippen LogP contribution in [0, 0.1) is 0 Å². The maximum absolute atomic E-state index is 12.4. The molecule has 0 bridgehead atoms. The molecule has 0 saturated heterocycles. The molecule has 1 heterocycles. The number of carboxylic acids is 1. The van der Waals surface area contributed by atoms with Gasteiger partial charge in [-0.1, -0.05) is 17.8 Å². The second-order valence-electron chi connectivity index (χ2n) is 7.46. The predicted molar refractivity (Wildman–Crippen MR) is 125 cm³/mol. The number of hydrogen-bond donors (Lipinski definition) is 2. The second-order valence-corrected chi connectivity index (χ2v) is 8.41. The molecule has 2 aromatic carbocycles. The summed E-state index contributed by atoms with van der Waals surface area (Å²) in [5, 5.41) is 21.0. The molecule has 0 spiro atoms. The van der Waals surface area contributed by atoms with Gasteiger partial charge in [-0.2, -0.15) is 0 Å². The number of carbonyl (C=O) groups is 2. The lowest BCUT2D eigenvalue weighted by Crippen LogP contribution is -2.16. The van der Waals surface area contributed by atoms with Gasteiger partial charge in [-0.05, 0) is 63.2 Å². The standard InChI is InChI=1S/C23H26N4O5S/c1-14(2)27-21(15(3)32-19-10-8-18(31-4)9-11-19)25-26-23(27)33-13-20(28)24-17-7-5-6-16(12-17)22(29)30/h5-12,14-15H,13H2,1-4H3,(H,24,28)(H,29,30). The number of nitrogens with zero attached hydrogens (tertiary/aromatic N) is 3. The molecule has 0 aliphatic rings. The van der Waals surface area contributed by atoms with E-state index in [1.807, 2.05) is 49.6 Å². The molecular formula is C23H26N4O5S. The molecule has 3 aromatic rings. The zero-order chi connectivity index (χ0) is 24.0. The van der Waals surface area contributed by atoms with Gasteiger partial charge in [0.25, 0.3) is 0 Å². The molecule has 33 heavy (non-hydrogen) atoms. The second kappa shape index (κ2) is 10.9. The molecule has 2 N–H and O–H groups in total. The van der Waals surface area contributed by atoms with Crippen LogP contribution in [-0.4, -0.2) is 44.6 Å². The number of anilines is 1. The van der Waals surface area contributed by atoms with Crippen molar-refractivity contribution in [1.82, 2.24) is 14.8 Å². The van der Waals surface area contributed by atoms with Gasteiger partial charge in [-0.15, -0.1) is 10.2 Å². The van der Waals surface area contributed by atoms with E-state index < -0.39 is 5.97 Å². The molecule has 0 radical (unpaired) electrons. The number of thioether (sulfide) groups is 1. The van der Waals surface area contributed by atoms with Gasteiger partial charge in [0, 0.05) is 11.7 Å². The van der Waals surface area contributed by atoms with Crippen LogP contribution < -0.4 is 14.8 Å². The van der Waals surface area contributed by atoms with Crippen LogP contribution in [0.15, 0.2) is 53.7 Å². The summed E-state index contributed by atoms with van der Waals surface area (Å²) in [4.78, 5) is 23.5. The number of carbonyl (C=O) groups excluding carboxylic acids is 1. The van der Waals surface area contributed by atoms with Gasteiger partial charge < -0.3 is 24.5 Å². The first-order valence-corrected chi connectivity index (χ1v) is 11.3. The molecule has 0 aliphatic heterocycles. The number of aromatic nitrogens is 3. The van der Waals surface area contributed by atoms with E-state index in [9.17, 15) is 9.59 Å². The Labute approximate surface area is 196 Å². The number of rotatable bonds is 10. The Bertz CT molecular complexity index is 1110. The average molecular weight is 471 g/mol. The minimum absolute atomic E-state index is 0.0507. The molecule has 1 atom stereocenters. The lowest BCUT2D eigenvalue weighted by atomic mass is 10.2. The fourth-order valence-electron chi connectivity index (χ4n) is 3.12. The van der Waals surface area contributed by atoms with Crippen LogP contribution in [0.1, 0.15) is 49.1 Å². The minimum atomic E-state index is -1.05. The normalized spacial score (nSPS) is 11.8. The lowest BCUT2D eigenvalue weighted by molar-refractivity contribution is -0.113. The maximum atomic E-state index is 12.4. The Morgan fingerprint density at radius 1 is 1.09 bits per heavy atom. The van der Waals surface area contributed by atoms with Crippen molar-refractivity contribution in [1.29, 1.82) is 0 Å². The zero-order valence-electron chi connectivity index (χ0n) is 18.8.